The summed E-state index contributed by atoms with van der Waals surface area (Å²) in [4.78, 5) is 23.0. The molecule has 0 saturated heterocycles. The van der Waals surface area contributed by atoms with Gasteiger partial charge in [-0.25, -0.2) is 4.79 Å². The van der Waals surface area contributed by atoms with Crippen molar-refractivity contribution in [1.29, 1.82) is 0 Å². The molecule has 2 aromatic rings. The van der Waals surface area contributed by atoms with Crippen molar-refractivity contribution in [3.8, 4) is 17.2 Å². The Bertz CT molecular complexity index is 714. The van der Waals surface area contributed by atoms with Gasteiger partial charge in [0.1, 0.15) is 5.75 Å². The van der Waals surface area contributed by atoms with E-state index in [1.165, 1.54) is 6.92 Å². The van der Waals surface area contributed by atoms with E-state index in [-0.39, 0.29) is 12.5 Å². The van der Waals surface area contributed by atoms with E-state index in [1.54, 1.807) is 42.5 Å². The standard InChI is InChI=1S/C18H19NO5/c1-3-22-16-9-4-5-10-17(16)23-12-18(21)24-15-8-6-7-14(11-15)19-13(2)20/h4-11H,3,12H2,1-2H3,(H,19,20). The summed E-state index contributed by atoms with van der Waals surface area (Å²) in [5.41, 5.74) is 0.551. The van der Waals surface area contributed by atoms with Crippen molar-refractivity contribution in [1.82, 2.24) is 0 Å². The number of nitrogens with one attached hydrogen (secondary N) is 1. The average molecular weight is 329 g/mol. The van der Waals surface area contributed by atoms with Crippen LogP contribution in [0.25, 0.3) is 0 Å². The highest BCUT2D eigenvalue weighted by atomic mass is 16.6. The molecular formula is C18H19NO5. The van der Waals surface area contributed by atoms with Crippen LogP contribution in [0.1, 0.15) is 13.8 Å². The lowest BCUT2D eigenvalue weighted by Crippen LogP contribution is -2.18. The van der Waals surface area contributed by atoms with Crippen LogP contribution in [0.4, 0.5) is 5.69 Å². The number of carbonyl (C=O) groups is 2. The summed E-state index contributed by atoms with van der Waals surface area (Å²) in [6.45, 7) is 3.52. The molecule has 6 nitrogen and oxygen atoms in total. The second-order valence-electron chi connectivity index (χ2n) is 4.85. The Morgan fingerprint density at radius 2 is 1.71 bits per heavy atom. The van der Waals surface area contributed by atoms with Gasteiger partial charge in [-0.1, -0.05) is 18.2 Å². The van der Waals surface area contributed by atoms with Crippen molar-refractivity contribution in [2.24, 2.45) is 0 Å². The maximum Gasteiger partial charge on any atom is 0.349 e. The molecule has 1 amide bonds. The minimum atomic E-state index is -0.554. The molecule has 0 bridgehead atoms. The smallest absolute Gasteiger partial charge is 0.349 e. The first-order valence-electron chi connectivity index (χ1n) is 7.51. The molecule has 0 aliphatic heterocycles. The summed E-state index contributed by atoms with van der Waals surface area (Å²) in [6, 6.07) is 13.7. The summed E-state index contributed by atoms with van der Waals surface area (Å²) in [5.74, 6) is 0.618. The minimum absolute atomic E-state index is 0.200. The second-order valence-corrected chi connectivity index (χ2v) is 4.85. The molecule has 0 saturated carbocycles. The third kappa shape index (κ3) is 5.31. The highest BCUT2D eigenvalue weighted by Gasteiger charge is 2.10. The molecule has 0 aromatic heterocycles. The predicted octanol–water partition coefficient (Wildman–Crippen LogP) is 3.03. The zero-order valence-corrected chi connectivity index (χ0v) is 13.6. The molecule has 0 atom stereocenters. The van der Waals surface area contributed by atoms with Crippen LogP contribution in [-0.4, -0.2) is 25.1 Å². The van der Waals surface area contributed by atoms with Crippen LogP contribution in [0, 0.1) is 0 Å². The van der Waals surface area contributed by atoms with Crippen LogP contribution in [-0.2, 0) is 9.59 Å². The first-order valence-corrected chi connectivity index (χ1v) is 7.51. The van der Waals surface area contributed by atoms with Gasteiger partial charge in [-0.2, -0.15) is 0 Å². The van der Waals surface area contributed by atoms with E-state index in [2.05, 4.69) is 5.32 Å². The van der Waals surface area contributed by atoms with Crippen LogP contribution in [0.15, 0.2) is 48.5 Å². The molecule has 0 fully saturated rings. The van der Waals surface area contributed by atoms with Crippen LogP contribution in [0.5, 0.6) is 17.2 Å². The Balaban J connectivity index is 1.93. The number of anilines is 1. The molecular weight excluding hydrogens is 310 g/mol. The third-order valence-electron chi connectivity index (χ3n) is 2.88. The molecule has 0 spiro atoms. The summed E-state index contributed by atoms with van der Waals surface area (Å²) >= 11 is 0. The second kappa shape index (κ2) is 8.57. The molecule has 126 valence electrons. The fourth-order valence-electron chi connectivity index (χ4n) is 1.98. The number of carbonyl (C=O) groups excluding carboxylic acids is 2. The lowest BCUT2D eigenvalue weighted by molar-refractivity contribution is -0.136. The maximum atomic E-state index is 11.9. The van der Waals surface area contributed by atoms with Crippen molar-refractivity contribution < 1.29 is 23.8 Å². The van der Waals surface area contributed by atoms with Crippen molar-refractivity contribution in [2.45, 2.75) is 13.8 Å². The summed E-state index contributed by atoms with van der Waals surface area (Å²) < 4.78 is 16.1. The van der Waals surface area contributed by atoms with E-state index in [0.29, 0.717) is 29.5 Å². The maximum absolute atomic E-state index is 11.9. The zero-order chi connectivity index (χ0) is 17.4. The molecule has 0 aliphatic carbocycles. The molecule has 0 radical (unpaired) electrons. The van der Waals surface area contributed by atoms with Gasteiger partial charge in [-0.05, 0) is 31.2 Å². The van der Waals surface area contributed by atoms with Gasteiger partial charge in [-0.3, -0.25) is 4.79 Å². The average Bonchev–Trinajstić information content (AvgIpc) is 2.54. The van der Waals surface area contributed by atoms with Crippen molar-refractivity contribution in [2.75, 3.05) is 18.5 Å². The summed E-state index contributed by atoms with van der Waals surface area (Å²) in [7, 11) is 0. The largest absolute Gasteiger partial charge is 0.490 e. The van der Waals surface area contributed by atoms with Crippen LogP contribution in [0.3, 0.4) is 0 Å². The number of hydrogen-bond acceptors (Lipinski definition) is 5. The lowest BCUT2D eigenvalue weighted by atomic mass is 10.3. The number of para-hydroxylation sites is 2. The Labute approximate surface area is 140 Å². The van der Waals surface area contributed by atoms with Crippen LogP contribution in [0.2, 0.25) is 0 Å². The van der Waals surface area contributed by atoms with E-state index < -0.39 is 5.97 Å². The molecule has 24 heavy (non-hydrogen) atoms. The van der Waals surface area contributed by atoms with E-state index in [1.807, 2.05) is 13.0 Å². The SMILES string of the molecule is CCOc1ccccc1OCC(=O)Oc1cccc(NC(C)=O)c1. The Morgan fingerprint density at radius 1 is 1.00 bits per heavy atom. The number of rotatable bonds is 7. The molecule has 0 aliphatic rings. The van der Waals surface area contributed by atoms with E-state index >= 15 is 0 Å². The molecule has 0 heterocycles. The van der Waals surface area contributed by atoms with Gasteiger partial charge in [0.05, 0.1) is 6.61 Å². The number of ether oxygens (including phenoxy) is 3. The highest BCUT2D eigenvalue weighted by Crippen LogP contribution is 2.26. The van der Waals surface area contributed by atoms with Crippen LogP contribution >= 0.6 is 0 Å². The van der Waals surface area contributed by atoms with Crippen molar-refractivity contribution >= 4 is 17.6 Å². The normalized spacial score (nSPS) is 9.92. The van der Waals surface area contributed by atoms with Gasteiger partial charge in [0, 0.05) is 18.7 Å². The van der Waals surface area contributed by atoms with Crippen LogP contribution < -0.4 is 19.5 Å². The molecule has 2 aromatic carbocycles. The Kier molecular flexibility index (Phi) is 6.19. The van der Waals surface area contributed by atoms with Crippen molar-refractivity contribution in [3.63, 3.8) is 0 Å². The number of esters is 1. The first kappa shape index (κ1) is 17.3. The summed E-state index contributed by atoms with van der Waals surface area (Å²) in [6.07, 6.45) is 0. The van der Waals surface area contributed by atoms with E-state index in [4.69, 9.17) is 14.2 Å². The lowest BCUT2D eigenvalue weighted by Gasteiger charge is -2.11. The fraction of sp³-hybridized carbons (Fsp3) is 0.222. The zero-order valence-electron chi connectivity index (χ0n) is 13.6. The van der Waals surface area contributed by atoms with Gasteiger partial charge in [0.25, 0.3) is 0 Å². The Morgan fingerprint density at radius 3 is 2.38 bits per heavy atom. The number of benzene rings is 2. The Hall–Kier alpha value is -3.02. The van der Waals surface area contributed by atoms with Gasteiger partial charge < -0.3 is 19.5 Å². The van der Waals surface area contributed by atoms with Gasteiger partial charge >= 0.3 is 5.97 Å². The third-order valence-corrected chi connectivity index (χ3v) is 2.88. The number of amides is 1. The first-order chi connectivity index (χ1) is 11.6. The topological polar surface area (TPSA) is 73.9 Å². The molecule has 6 heteroatoms. The molecule has 2 rings (SSSR count). The minimum Gasteiger partial charge on any atom is -0.490 e. The molecule has 0 unspecified atom stereocenters. The predicted molar refractivity (Wildman–Crippen MR) is 89.5 cm³/mol. The van der Waals surface area contributed by atoms with Crippen molar-refractivity contribution in [3.05, 3.63) is 48.5 Å². The molecule has 1 N–H and O–H groups in total. The fourth-order valence-corrected chi connectivity index (χ4v) is 1.98. The van der Waals surface area contributed by atoms with E-state index in [9.17, 15) is 9.59 Å². The van der Waals surface area contributed by atoms with Gasteiger partial charge in [0.2, 0.25) is 5.91 Å². The summed E-state index contributed by atoms with van der Waals surface area (Å²) in [5, 5.41) is 2.62. The quantitative estimate of drug-likeness (QED) is 0.624. The highest BCUT2D eigenvalue weighted by molar-refractivity contribution is 5.89. The number of hydrogen-bond donors (Lipinski definition) is 1. The van der Waals surface area contributed by atoms with Gasteiger partial charge in [-0.15, -0.1) is 0 Å². The monoisotopic (exact) mass is 329 g/mol. The van der Waals surface area contributed by atoms with Gasteiger partial charge in [0.15, 0.2) is 18.1 Å². The van der Waals surface area contributed by atoms with E-state index in [0.717, 1.165) is 0 Å².